The van der Waals surface area contributed by atoms with Gasteiger partial charge in [0, 0.05) is 53.9 Å². The Hall–Kier alpha value is -7.51. The maximum Gasteiger partial charge on any atom is 0.255 e. The SMILES string of the molecule is C=CCOc1c(C(=O)NCCCC(CCCNC(=O)c2ccc3ccccc3c2OCC=C)(CCCNC(=O)c2ccc3cccnc3c2OCC=C)C(=O)NCCCCN)ccc2ccccc12. The van der Waals surface area contributed by atoms with E-state index in [1.165, 1.54) is 0 Å². The molecule has 0 spiro atoms. The average molecular weight is 933 g/mol. The predicted octanol–water partition coefficient (Wildman–Crippen LogP) is 9.01. The van der Waals surface area contributed by atoms with Crippen molar-refractivity contribution < 1.29 is 33.4 Å². The lowest BCUT2D eigenvalue weighted by atomic mass is 9.74. The Labute approximate surface area is 404 Å². The van der Waals surface area contributed by atoms with Gasteiger partial charge in [-0.25, -0.2) is 0 Å². The van der Waals surface area contributed by atoms with Gasteiger partial charge >= 0.3 is 0 Å². The molecule has 360 valence electrons. The van der Waals surface area contributed by atoms with Gasteiger partial charge in [-0.15, -0.1) is 0 Å². The van der Waals surface area contributed by atoms with Crippen molar-refractivity contribution in [2.45, 2.75) is 51.4 Å². The first-order valence-electron chi connectivity index (χ1n) is 23.7. The molecule has 0 atom stereocenters. The second-order valence-corrected chi connectivity index (χ2v) is 16.8. The molecule has 69 heavy (non-hydrogen) atoms. The fourth-order valence-electron chi connectivity index (χ4n) is 8.57. The molecule has 0 fully saturated rings. The minimum absolute atomic E-state index is 0.131. The highest BCUT2D eigenvalue weighted by molar-refractivity contribution is 6.05. The third kappa shape index (κ3) is 13.4. The van der Waals surface area contributed by atoms with E-state index < -0.39 is 5.41 Å². The Morgan fingerprint density at radius 1 is 0.507 bits per heavy atom. The highest BCUT2D eigenvalue weighted by atomic mass is 16.5. The molecule has 4 amide bonds. The van der Waals surface area contributed by atoms with E-state index in [2.05, 4.69) is 46.0 Å². The number of unbranched alkanes of at least 4 members (excludes halogenated alkanes) is 1. The van der Waals surface area contributed by atoms with E-state index >= 15 is 0 Å². The number of amides is 4. The molecule has 13 nitrogen and oxygen atoms in total. The lowest BCUT2D eigenvalue weighted by molar-refractivity contribution is -0.132. The first kappa shape index (κ1) is 50.9. The number of carbonyl (C=O) groups is 4. The van der Waals surface area contributed by atoms with Gasteiger partial charge in [-0.1, -0.05) is 111 Å². The quantitative estimate of drug-likeness (QED) is 0.0226. The molecule has 1 aromatic heterocycles. The number of benzene rings is 5. The molecule has 0 radical (unpaired) electrons. The van der Waals surface area contributed by atoms with Crippen molar-refractivity contribution in [1.82, 2.24) is 26.3 Å². The van der Waals surface area contributed by atoms with Crippen LogP contribution in [0, 0.1) is 5.41 Å². The van der Waals surface area contributed by atoms with E-state index in [0.717, 1.165) is 33.4 Å². The Morgan fingerprint density at radius 2 is 0.928 bits per heavy atom. The summed E-state index contributed by atoms with van der Waals surface area (Å²) in [5, 5.41) is 16.7. The van der Waals surface area contributed by atoms with E-state index in [9.17, 15) is 19.2 Å². The molecular weight excluding hydrogens is 869 g/mol. The molecule has 0 bridgehead atoms. The zero-order valence-electron chi connectivity index (χ0n) is 39.4. The summed E-state index contributed by atoms with van der Waals surface area (Å²) in [6.07, 6.45) is 10.6. The predicted molar refractivity (Wildman–Crippen MR) is 275 cm³/mol. The summed E-state index contributed by atoms with van der Waals surface area (Å²) in [4.78, 5) is 60.5. The summed E-state index contributed by atoms with van der Waals surface area (Å²) in [5.41, 5.74) is 6.57. The highest BCUT2D eigenvalue weighted by Crippen LogP contribution is 2.37. The topological polar surface area (TPSA) is 183 Å². The number of nitrogens with one attached hydrogen (secondary N) is 4. The molecular formula is C56H64N6O7. The van der Waals surface area contributed by atoms with Gasteiger partial charge in [-0.2, -0.15) is 0 Å². The summed E-state index contributed by atoms with van der Waals surface area (Å²) in [6, 6.07) is 30.0. The van der Waals surface area contributed by atoms with Crippen LogP contribution in [0.5, 0.6) is 17.2 Å². The summed E-state index contributed by atoms with van der Waals surface area (Å²) in [5.74, 6) is 0.256. The lowest BCUT2D eigenvalue weighted by Crippen LogP contribution is -2.43. The van der Waals surface area contributed by atoms with Gasteiger partial charge in [-0.3, -0.25) is 24.2 Å². The Balaban J connectivity index is 1.21. The number of rotatable bonds is 29. The number of fused-ring (bicyclic) bond motifs is 3. The summed E-state index contributed by atoms with van der Waals surface area (Å²) in [6.45, 7) is 13.7. The molecule has 0 unspecified atom stereocenters. The summed E-state index contributed by atoms with van der Waals surface area (Å²) >= 11 is 0. The van der Waals surface area contributed by atoms with Crippen LogP contribution in [0.4, 0.5) is 0 Å². The number of hydrogen-bond acceptors (Lipinski definition) is 9. The van der Waals surface area contributed by atoms with E-state index in [4.69, 9.17) is 19.9 Å². The van der Waals surface area contributed by atoms with Crippen LogP contribution in [0.15, 0.2) is 141 Å². The monoisotopic (exact) mass is 932 g/mol. The van der Waals surface area contributed by atoms with Gasteiger partial charge in [0.2, 0.25) is 5.91 Å². The molecule has 6 N–H and O–H groups in total. The maximum absolute atomic E-state index is 14.6. The number of carbonyl (C=O) groups excluding carboxylic acids is 4. The van der Waals surface area contributed by atoms with Crippen LogP contribution < -0.4 is 41.2 Å². The van der Waals surface area contributed by atoms with Gasteiger partial charge < -0.3 is 41.2 Å². The molecule has 0 aliphatic heterocycles. The second-order valence-electron chi connectivity index (χ2n) is 16.8. The van der Waals surface area contributed by atoms with Crippen molar-refractivity contribution in [2.24, 2.45) is 11.1 Å². The van der Waals surface area contributed by atoms with Crippen molar-refractivity contribution >= 4 is 56.1 Å². The number of aromatic nitrogens is 1. The normalized spacial score (nSPS) is 11.1. The third-order valence-corrected chi connectivity index (χ3v) is 12.0. The average Bonchev–Trinajstić information content (AvgIpc) is 3.38. The van der Waals surface area contributed by atoms with Gasteiger partial charge in [0.1, 0.15) is 36.8 Å². The Morgan fingerprint density at radius 3 is 1.41 bits per heavy atom. The van der Waals surface area contributed by atoms with Gasteiger partial charge in [0.15, 0.2) is 5.75 Å². The standard InChI is InChI=1S/C56H64N6O7/c1-4-37-67-49-43-20-9-7-17-40(43)22-25-45(49)52(63)59-34-14-28-56(55(66)62-32-12-11-31-57,29-15-35-60-53(64)46-26-23-41-18-8-10-21-44(41)50(46)68-38-5-2)30-16-36-61-54(65)47-27-24-42-19-13-33-58-48(42)51(47)69-39-6-3/h4-10,13,17-27,33H,1-3,11-12,14-16,28-32,34-39,57H2,(H,59,63)(H,60,64)(H,61,65)(H,62,66). The first-order chi connectivity index (χ1) is 33.7. The lowest BCUT2D eigenvalue weighted by Gasteiger charge is -2.33. The number of pyridine rings is 1. The molecule has 6 aromatic rings. The van der Waals surface area contributed by atoms with Crippen molar-refractivity contribution in [3.8, 4) is 17.2 Å². The minimum atomic E-state index is -0.934. The highest BCUT2D eigenvalue weighted by Gasteiger charge is 2.37. The molecule has 6 rings (SSSR count). The number of hydrogen-bond donors (Lipinski definition) is 5. The van der Waals surface area contributed by atoms with Crippen molar-refractivity contribution in [1.29, 1.82) is 0 Å². The molecule has 0 aliphatic rings. The summed E-state index contributed by atoms with van der Waals surface area (Å²) in [7, 11) is 0. The molecule has 5 aromatic carbocycles. The van der Waals surface area contributed by atoms with Gasteiger partial charge in [0.05, 0.1) is 16.7 Å². The van der Waals surface area contributed by atoms with E-state index in [0.29, 0.717) is 97.5 Å². The fourth-order valence-corrected chi connectivity index (χ4v) is 8.57. The smallest absolute Gasteiger partial charge is 0.255 e. The number of nitrogens with zero attached hydrogens (tertiary/aromatic N) is 1. The van der Waals surface area contributed by atoms with Crippen LogP contribution in [0.2, 0.25) is 0 Å². The Bertz CT molecular complexity index is 2480. The number of ether oxygens (including phenoxy) is 3. The van der Waals surface area contributed by atoms with Crippen LogP contribution in [0.3, 0.4) is 0 Å². The van der Waals surface area contributed by atoms with E-state index in [-0.39, 0.29) is 63.1 Å². The second kappa shape index (κ2) is 26.1. The minimum Gasteiger partial charge on any atom is -0.488 e. The zero-order chi connectivity index (χ0) is 48.9. The van der Waals surface area contributed by atoms with E-state index in [1.807, 2.05) is 78.9 Å². The van der Waals surface area contributed by atoms with Crippen molar-refractivity contribution in [3.63, 3.8) is 0 Å². The van der Waals surface area contributed by atoms with Gasteiger partial charge in [-0.05, 0) is 92.9 Å². The summed E-state index contributed by atoms with van der Waals surface area (Å²) < 4.78 is 18.0. The fraction of sp³-hybridized carbons (Fsp3) is 0.304. The molecule has 0 saturated carbocycles. The van der Waals surface area contributed by atoms with Crippen molar-refractivity contribution in [3.05, 3.63) is 158 Å². The van der Waals surface area contributed by atoms with Crippen molar-refractivity contribution in [2.75, 3.05) is 52.5 Å². The van der Waals surface area contributed by atoms with Crippen LogP contribution in [0.25, 0.3) is 32.4 Å². The molecule has 0 aliphatic carbocycles. The first-order valence-corrected chi connectivity index (χ1v) is 23.7. The Kier molecular flexibility index (Phi) is 19.3. The van der Waals surface area contributed by atoms with E-state index in [1.54, 1.807) is 42.6 Å². The molecule has 0 saturated heterocycles. The van der Waals surface area contributed by atoms with Crippen LogP contribution in [-0.4, -0.2) is 81.2 Å². The van der Waals surface area contributed by atoms with Crippen LogP contribution in [0.1, 0.15) is 82.4 Å². The van der Waals surface area contributed by atoms with Crippen LogP contribution >= 0.6 is 0 Å². The number of nitrogens with two attached hydrogens (primary N) is 1. The molecule has 13 heteroatoms. The largest absolute Gasteiger partial charge is 0.488 e. The zero-order valence-corrected chi connectivity index (χ0v) is 39.4. The van der Waals surface area contributed by atoms with Gasteiger partial charge in [0.25, 0.3) is 17.7 Å². The maximum atomic E-state index is 14.6. The van der Waals surface area contributed by atoms with Crippen LogP contribution in [-0.2, 0) is 4.79 Å². The molecule has 1 heterocycles. The third-order valence-electron chi connectivity index (χ3n) is 12.0.